The Hall–Kier alpha value is -2.90. The molecule has 6 nitrogen and oxygen atoms in total. The highest BCUT2D eigenvalue weighted by Crippen LogP contribution is 2.42. The molecule has 5 heterocycles. The molecule has 6 rings (SSSR count). The normalized spacial score (nSPS) is 16.7. The number of aromatic nitrogens is 4. The molecule has 3 aromatic heterocycles. The zero-order valence-electron chi connectivity index (χ0n) is 17.1. The second-order valence-corrected chi connectivity index (χ2v) is 8.29. The summed E-state index contributed by atoms with van der Waals surface area (Å²) in [4.78, 5) is 4.26. The van der Waals surface area contributed by atoms with Crippen LogP contribution in [-0.4, -0.2) is 32.8 Å². The predicted octanol–water partition coefficient (Wildman–Crippen LogP) is 4.97. The Labute approximate surface area is 194 Å². The Balaban J connectivity index is 0.00000216. The van der Waals surface area contributed by atoms with Crippen molar-refractivity contribution in [1.29, 1.82) is 0 Å². The number of rotatable bonds is 1. The van der Waals surface area contributed by atoms with Gasteiger partial charge < -0.3 is 9.47 Å². The molecular formula is C23H19Cl2FN4O2. The molecule has 32 heavy (non-hydrogen) atoms. The number of hydrogen-bond acceptors (Lipinski definition) is 5. The van der Waals surface area contributed by atoms with Crippen molar-refractivity contribution in [3.8, 4) is 22.6 Å². The lowest BCUT2D eigenvalue weighted by molar-refractivity contribution is 0.246. The van der Waals surface area contributed by atoms with Gasteiger partial charge in [0.15, 0.2) is 5.65 Å². The van der Waals surface area contributed by atoms with Gasteiger partial charge in [0, 0.05) is 22.9 Å². The maximum atomic E-state index is 14.7. The van der Waals surface area contributed by atoms with Gasteiger partial charge in [-0.25, -0.2) is 4.39 Å². The van der Waals surface area contributed by atoms with Crippen LogP contribution in [0.1, 0.15) is 28.4 Å². The van der Waals surface area contributed by atoms with Gasteiger partial charge in [-0.2, -0.15) is 0 Å². The van der Waals surface area contributed by atoms with Crippen LogP contribution in [0.2, 0.25) is 5.02 Å². The highest BCUT2D eigenvalue weighted by molar-refractivity contribution is 6.34. The number of halogens is 3. The van der Waals surface area contributed by atoms with Gasteiger partial charge in [0.05, 0.1) is 35.5 Å². The lowest BCUT2D eigenvalue weighted by atomic mass is 9.93. The van der Waals surface area contributed by atoms with Crippen LogP contribution in [0.5, 0.6) is 11.5 Å². The lowest BCUT2D eigenvalue weighted by Crippen LogP contribution is -2.13. The van der Waals surface area contributed by atoms with E-state index in [0.29, 0.717) is 42.3 Å². The number of benzene rings is 1. The summed E-state index contributed by atoms with van der Waals surface area (Å²) in [5.74, 6) is 1.26. The standard InChI is InChI=1S/C23H18ClFN4O2.ClH/c1-12-22(24)14(6-7-26-12)16-8-20-18(29-11-27-28-23(16)29)4-2-15-17(25)3-5-19-21(15)13(9-30-19)10-31-20;/h3,5-8,11,13H,2,4,9-10H2,1H3;1H/t13-;/m1./s1. The van der Waals surface area contributed by atoms with E-state index >= 15 is 0 Å². The summed E-state index contributed by atoms with van der Waals surface area (Å²) in [6.07, 6.45) is 4.50. The second-order valence-electron chi connectivity index (χ2n) is 7.91. The van der Waals surface area contributed by atoms with Crippen molar-refractivity contribution in [2.75, 3.05) is 13.2 Å². The van der Waals surface area contributed by atoms with Crippen molar-refractivity contribution in [3.63, 3.8) is 0 Å². The van der Waals surface area contributed by atoms with Gasteiger partial charge in [-0.15, -0.1) is 22.6 Å². The topological polar surface area (TPSA) is 61.5 Å². The van der Waals surface area contributed by atoms with Gasteiger partial charge in [0.25, 0.3) is 0 Å². The minimum absolute atomic E-state index is 0. The fourth-order valence-corrected chi connectivity index (χ4v) is 4.83. The van der Waals surface area contributed by atoms with E-state index in [1.807, 2.05) is 23.5 Å². The third kappa shape index (κ3) is 3.11. The Morgan fingerprint density at radius 2 is 1.91 bits per heavy atom. The number of aryl methyl sites for hydroxylation is 2. The van der Waals surface area contributed by atoms with Gasteiger partial charge in [0.2, 0.25) is 0 Å². The van der Waals surface area contributed by atoms with Crippen molar-refractivity contribution < 1.29 is 13.9 Å². The molecule has 0 radical (unpaired) electrons. The van der Waals surface area contributed by atoms with Crippen LogP contribution >= 0.6 is 24.0 Å². The third-order valence-corrected chi connectivity index (χ3v) is 6.63. The summed E-state index contributed by atoms with van der Waals surface area (Å²) in [5, 5.41) is 9.04. The van der Waals surface area contributed by atoms with E-state index in [4.69, 9.17) is 21.1 Å². The highest BCUT2D eigenvalue weighted by Gasteiger charge is 2.31. The van der Waals surface area contributed by atoms with E-state index < -0.39 is 0 Å². The van der Waals surface area contributed by atoms with Crippen molar-refractivity contribution >= 4 is 29.7 Å². The molecule has 2 aliphatic heterocycles. The fourth-order valence-electron chi connectivity index (χ4n) is 4.62. The number of fused-ring (bicyclic) bond motifs is 3. The molecule has 2 aliphatic rings. The van der Waals surface area contributed by atoms with Crippen LogP contribution in [0.25, 0.3) is 16.8 Å². The van der Waals surface area contributed by atoms with Crippen molar-refractivity contribution in [2.24, 2.45) is 0 Å². The maximum Gasteiger partial charge on any atom is 0.169 e. The van der Waals surface area contributed by atoms with Gasteiger partial charge in [-0.3, -0.25) is 9.38 Å². The summed E-state index contributed by atoms with van der Waals surface area (Å²) in [5.41, 5.74) is 5.59. The molecular weight excluding hydrogens is 454 g/mol. The molecule has 0 bridgehead atoms. The number of hydrogen-bond donors (Lipinski definition) is 0. The largest absolute Gasteiger partial charge is 0.493 e. The van der Waals surface area contributed by atoms with E-state index in [9.17, 15) is 4.39 Å². The first-order valence-electron chi connectivity index (χ1n) is 10.2. The molecule has 0 amide bonds. The first-order valence-corrected chi connectivity index (χ1v) is 10.5. The van der Waals surface area contributed by atoms with Crippen molar-refractivity contribution in [2.45, 2.75) is 25.7 Å². The molecule has 0 aliphatic carbocycles. The minimum atomic E-state index is -0.201. The molecule has 4 aromatic rings. The minimum Gasteiger partial charge on any atom is -0.493 e. The summed E-state index contributed by atoms with van der Waals surface area (Å²) in [6, 6.07) is 7.02. The zero-order valence-corrected chi connectivity index (χ0v) is 18.7. The summed E-state index contributed by atoms with van der Waals surface area (Å²) < 4.78 is 28.8. The van der Waals surface area contributed by atoms with Crippen LogP contribution in [0.4, 0.5) is 4.39 Å². The molecule has 0 N–H and O–H groups in total. The molecule has 164 valence electrons. The van der Waals surface area contributed by atoms with Crippen molar-refractivity contribution in [1.82, 2.24) is 19.6 Å². The van der Waals surface area contributed by atoms with Gasteiger partial charge >= 0.3 is 0 Å². The summed E-state index contributed by atoms with van der Waals surface area (Å²) in [7, 11) is 0. The summed E-state index contributed by atoms with van der Waals surface area (Å²) >= 11 is 6.57. The lowest BCUT2D eigenvalue weighted by Gasteiger charge is -2.17. The molecule has 1 aromatic carbocycles. The average Bonchev–Trinajstić information content (AvgIpc) is 3.41. The van der Waals surface area contributed by atoms with Gasteiger partial charge in [0.1, 0.15) is 23.6 Å². The van der Waals surface area contributed by atoms with E-state index in [1.165, 1.54) is 6.07 Å². The van der Waals surface area contributed by atoms with Crippen LogP contribution in [0, 0.1) is 12.7 Å². The van der Waals surface area contributed by atoms with Crippen molar-refractivity contribution in [3.05, 3.63) is 70.1 Å². The average molecular weight is 473 g/mol. The van der Waals surface area contributed by atoms with E-state index in [1.54, 1.807) is 18.6 Å². The molecule has 0 fully saturated rings. The fraction of sp³-hybridized carbons (Fsp3) is 0.261. The predicted molar refractivity (Wildman–Crippen MR) is 121 cm³/mol. The number of pyridine rings is 2. The van der Waals surface area contributed by atoms with E-state index in [-0.39, 0.29) is 24.1 Å². The molecule has 1 atom stereocenters. The first-order chi connectivity index (χ1) is 15.1. The van der Waals surface area contributed by atoms with Crippen LogP contribution in [0.15, 0.2) is 36.8 Å². The number of ether oxygens (including phenoxy) is 2. The van der Waals surface area contributed by atoms with Gasteiger partial charge in [-0.1, -0.05) is 11.6 Å². The Bertz CT molecular complexity index is 1360. The maximum absolute atomic E-state index is 14.7. The second kappa shape index (κ2) is 7.90. The Kier molecular flexibility index (Phi) is 5.18. The monoisotopic (exact) mass is 472 g/mol. The molecule has 0 saturated carbocycles. The molecule has 0 spiro atoms. The highest BCUT2D eigenvalue weighted by atomic mass is 35.5. The molecule has 0 saturated heterocycles. The van der Waals surface area contributed by atoms with Crippen LogP contribution in [0.3, 0.4) is 0 Å². The van der Waals surface area contributed by atoms with Crippen LogP contribution < -0.4 is 9.47 Å². The zero-order chi connectivity index (χ0) is 21.1. The molecule has 0 unspecified atom stereocenters. The number of nitrogens with zero attached hydrogens (tertiary/aromatic N) is 4. The van der Waals surface area contributed by atoms with Crippen LogP contribution in [-0.2, 0) is 12.8 Å². The summed E-state index contributed by atoms with van der Waals surface area (Å²) in [6.45, 7) is 2.75. The Morgan fingerprint density at radius 3 is 2.75 bits per heavy atom. The quantitative estimate of drug-likeness (QED) is 0.391. The first kappa shape index (κ1) is 21.0. The van der Waals surface area contributed by atoms with E-state index in [2.05, 4.69) is 15.2 Å². The SMILES string of the molecule is Cc1nccc(-c2cc3c(n4cnnc24)CCc2c(F)ccc4c2[C@H](CO4)CO3)c1Cl.Cl. The smallest absolute Gasteiger partial charge is 0.169 e. The Morgan fingerprint density at radius 1 is 1.09 bits per heavy atom. The molecule has 9 heteroatoms. The van der Waals surface area contributed by atoms with E-state index in [0.717, 1.165) is 39.6 Å². The third-order valence-electron chi connectivity index (χ3n) is 6.15. The van der Waals surface area contributed by atoms with Gasteiger partial charge in [-0.05, 0) is 49.6 Å².